The SMILES string of the molecule is [C-]#[N+]Cc1cccc(Oc2ccc(CC#N)cc2OC)c1. The van der Waals surface area contributed by atoms with Crippen molar-refractivity contribution in [3.63, 3.8) is 0 Å². The van der Waals surface area contributed by atoms with Crippen molar-refractivity contribution in [2.24, 2.45) is 0 Å². The summed E-state index contributed by atoms with van der Waals surface area (Å²) >= 11 is 0. The Morgan fingerprint density at radius 3 is 2.71 bits per heavy atom. The molecule has 0 spiro atoms. The third-order valence-corrected chi connectivity index (χ3v) is 2.90. The Morgan fingerprint density at radius 2 is 2.00 bits per heavy atom. The third kappa shape index (κ3) is 3.75. The summed E-state index contributed by atoms with van der Waals surface area (Å²) in [5, 5.41) is 8.72. The Labute approximate surface area is 124 Å². The first-order valence-electron chi connectivity index (χ1n) is 6.40. The maximum Gasteiger partial charge on any atom is 0.239 e. The van der Waals surface area contributed by atoms with Crippen molar-refractivity contribution in [1.82, 2.24) is 0 Å². The summed E-state index contributed by atoms with van der Waals surface area (Å²) in [4.78, 5) is 3.36. The molecule has 0 atom stereocenters. The summed E-state index contributed by atoms with van der Waals surface area (Å²) in [6.45, 7) is 7.23. The Balaban J connectivity index is 2.25. The van der Waals surface area contributed by atoms with Crippen LogP contribution in [-0.4, -0.2) is 7.11 Å². The minimum absolute atomic E-state index is 0.329. The van der Waals surface area contributed by atoms with E-state index in [1.54, 1.807) is 19.2 Å². The molecule has 0 aliphatic rings. The highest BCUT2D eigenvalue weighted by atomic mass is 16.5. The van der Waals surface area contributed by atoms with Crippen LogP contribution in [0.25, 0.3) is 4.85 Å². The Bertz CT molecular complexity index is 711. The molecule has 0 unspecified atom stereocenters. The van der Waals surface area contributed by atoms with E-state index in [1.807, 2.05) is 30.3 Å². The van der Waals surface area contributed by atoms with E-state index in [1.165, 1.54) is 0 Å². The van der Waals surface area contributed by atoms with Crippen molar-refractivity contribution in [3.05, 3.63) is 65.0 Å². The third-order valence-electron chi connectivity index (χ3n) is 2.90. The summed E-state index contributed by atoms with van der Waals surface area (Å²) in [6, 6.07) is 14.9. The molecule has 2 aromatic rings. The van der Waals surface area contributed by atoms with Gasteiger partial charge in [0.15, 0.2) is 11.5 Å². The molecule has 0 aliphatic carbocycles. The molecule has 0 heterocycles. The van der Waals surface area contributed by atoms with Crippen LogP contribution < -0.4 is 9.47 Å². The molecule has 0 radical (unpaired) electrons. The first kappa shape index (κ1) is 14.4. The van der Waals surface area contributed by atoms with Gasteiger partial charge in [0.2, 0.25) is 6.54 Å². The van der Waals surface area contributed by atoms with Crippen molar-refractivity contribution in [3.8, 4) is 23.3 Å². The van der Waals surface area contributed by atoms with Gasteiger partial charge in [-0.15, -0.1) is 0 Å². The normalized spacial score (nSPS) is 9.48. The zero-order valence-corrected chi connectivity index (χ0v) is 11.7. The van der Waals surface area contributed by atoms with Gasteiger partial charge >= 0.3 is 0 Å². The zero-order chi connectivity index (χ0) is 15.1. The van der Waals surface area contributed by atoms with Gasteiger partial charge < -0.3 is 14.3 Å². The lowest BCUT2D eigenvalue weighted by molar-refractivity contribution is 0.378. The van der Waals surface area contributed by atoms with Crippen LogP contribution in [0.2, 0.25) is 0 Å². The van der Waals surface area contributed by atoms with Crippen LogP contribution in [0.15, 0.2) is 42.5 Å². The summed E-state index contributed by atoms with van der Waals surface area (Å²) in [7, 11) is 1.56. The van der Waals surface area contributed by atoms with Crippen molar-refractivity contribution in [2.75, 3.05) is 7.11 Å². The van der Waals surface area contributed by atoms with E-state index < -0.39 is 0 Å². The van der Waals surface area contributed by atoms with Crippen LogP contribution in [0.4, 0.5) is 0 Å². The first-order chi connectivity index (χ1) is 10.3. The van der Waals surface area contributed by atoms with Crippen LogP contribution in [0.5, 0.6) is 17.2 Å². The maximum absolute atomic E-state index is 8.72. The molecule has 0 fully saturated rings. The molecule has 0 saturated heterocycles. The van der Waals surface area contributed by atoms with Gasteiger partial charge in [-0.05, 0) is 29.8 Å². The predicted molar refractivity (Wildman–Crippen MR) is 79.1 cm³/mol. The molecule has 0 bridgehead atoms. The highest BCUT2D eigenvalue weighted by molar-refractivity contribution is 5.46. The number of hydrogen-bond donors (Lipinski definition) is 0. The fourth-order valence-electron chi connectivity index (χ4n) is 1.92. The van der Waals surface area contributed by atoms with E-state index in [4.69, 9.17) is 21.3 Å². The quantitative estimate of drug-likeness (QED) is 0.777. The van der Waals surface area contributed by atoms with Crippen LogP contribution in [-0.2, 0) is 13.0 Å². The first-order valence-corrected chi connectivity index (χ1v) is 6.40. The maximum atomic E-state index is 8.72. The molecule has 0 N–H and O–H groups in total. The highest BCUT2D eigenvalue weighted by Crippen LogP contribution is 2.32. The van der Waals surface area contributed by atoms with Gasteiger partial charge in [0.1, 0.15) is 5.75 Å². The van der Waals surface area contributed by atoms with Crippen molar-refractivity contribution < 1.29 is 9.47 Å². The van der Waals surface area contributed by atoms with E-state index in [9.17, 15) is 0 Å². The predicted octanol–water partition coefficient (Wildman–Crippen LogP) is 3.97. The minimum Gasteiger partial charge on any atom is -0.493 e. The van der Waals surface area contributed by atoms with E-state index >= 15 is 0 Å². The summed E-state index contributed by atoms with van der Waals surface area (Å²) in [6.07, 6.45) is 0.330. The molecule has 0 saturated carbocycles. The summed E-state index contributed by atoms with van der Waals surface area (Å²) in [5.74, 6) is 1.82. The molecule has 4 heteroatoms. The van der Waals surface area contributed by atoms with Gasteiger partial charge in [-0.1, -0.05) is 18.2 Å². The van der Waals surface area contributed by atoms with Crippen molar-refractivity contribution >= 4 is 0 Å². The lowest BCUT2D eigenvalue weighted by Gasteiger charge is -2.11. The van der Waals surface area contributed by atoms with Crippen LogP contribution >= 0.6 is 0 Å². The van der Waals surface area contributed by atoms with Gasteiger partial charge in [-0.25, -0.2) is 6.57 Å². The minimum atomic E-state index is 0.329. The number of nitrogens with zero attached hydrogens (tertiary/aromatic N) is 2. The molecular formula is C17H14N2O2. The second-order valence-corrected chi connectivity index (χ2v) is 4.39. The standard InChI is InChI=1S/C17H14N2O2/c1-19-12-14-4-3-5-15(10-14)21-16-7-6-13(8-9-18)11-17(16)20-2/h3-7,10-11H,8,12H2,2H3. The number of hydrogen-bond acceptors (Lipinski definition) is 3. The number of nitriles is 1. The van der Waals surface area contributed by atoms with Crippen LogP contribution in [0, 0.1) is 17.9 Å². The van der Waals surface area contributed by atoms with Gasteiger partial charge in [0, 0.05) is 5.56 Å². The molecule has 4 nitrogen and oxygen atoms in total. The highest BCUT2D eigenvalue weighted by Gasteiger charge is 2.08. The summed E-state index contributed by atoms with van der Waals surface area (Å²) in [5.41, 5.74) is 1.78. The fraction of sp³-hybridized carbons (Fsp3) is 0.176. The molecule has 0 aromatic heterocycles. The molecular weight excluding hydrogens is 264 g/mol. The lowest BCUT2D eigenvalue weighted by Crippen LogP contribution is -1.93. The average Bonchev–Trinajstić information content (AvgIpc) is 2.50. The summed E-state index contributed by atoms with van der Waals surface area (Å²) < 4.78 is 11.1. The van der Waals surface area contributed by atoms with E-state index in [-0.39, 0.29) is 0 Å². The number of rotatable bonds is 5. The smallest absolute Gasteiger partial charge is 0.239 e. The number of methoxy groups -OCH3 is 1. The van der Waals surface area contributed by atoms with Gasteiger partial charge in [-0.2, -0.15) is 5.26 Å². The number of ether oxygens (including phenoxy) is 2. The molecule has 0 aliphatic heterocycles. The zero-order valence-electron chi connectivity index (χ0n) is 11.7. The Hall–Kier alpha value is -2.98. The molecule has 0 amide bonds. The molecule has 2 aromatic carbocycles. The van der Waals surface area contributed by atoms with Crippen molar-refractivity contribution in [1.29, 1.82) is 5.26 Å². The molecule has 2 rings (SSSR count). The van der Waals surface area contributed by atoms with Crippen molar-refractivity contribution in [2.45, 2.75) is 13.0 Å². The van der Waals surface area contributed by atoms with Gasteiger partial charge in [0.25, 0.3) is 0 Å². The largest absolute Gasteiger partial charge is 0.493 e. The monoisotopic (exact) mass is 278 g/mol. The van der Waals surface area contributed by atoms with Crippen LogP contribution in [0.1, 0.15) is 11.1 Å². The van der Waals surface area contributed by atoms with E-state index in [0.717, 1.165) is 11.1 Å². The number of benzene rings is 2. The topological polar surface area (TPSA) is 46.6 Å². The van der Waals surface area contributed by atoms with E-state index in [2.05, 4.69) is 10.9 Å². The van der Waals surface area contributed by atoms with E-state index in [0.29, 0.717) is 30.2 Å². The second-order valence-electron chi connectivity index (χ2n) is 4.39. The average molecular weight is 278 g/mol. The second kappa shape index (κ2) is 6.98. The Morgan fingerprint density at radius 1 is 1.14 bits per heavy atom. The Kier molecular flexibility index (Phi) is 4.79. The fourth-order valence-corrected chi connectivity index (χ4v) is 1.92. The van der Waals surface area contributed by atoms with Crippen LogP contribution in [0.3, 0.4) is 0 Å². The van der Waals surface area contributed by atoms with Gasteiger partial charge in [-0.3, -0.25) is 0 Å². The van der Waals surface area contributed by atoms with Gasteiger partial charge in [0.05, 0.1) is 19.6 Å². The molecule has 104 valence electrons. The lowest BCUT2D eigenvalue weighted by atomic mass is 10.1. The molecule has 21 heavy (non-hydrogen) atoms.